The molecule has 2 N–H and O–H groups in total. The Morgan fingerprint density at radius 3 is 2.88 bits per heavy atom. The second kappa shape index (κ2) is 6.93. The lowest BCUT2D eigenvalue weighted by Gasteiger charge is -2.13. The molecular weight excluding hydrogens is 300 g/mol. The van der Waals surface area contributed by atoms with E-state index >= 15 is 0 Å². The summed E-state index contributed by atoms with van der Waals surface area (Å²) in [4.78, 5) is 13.4. The average molecular weight is 321 g/mol. The van der Waals surface area contributed by atoms with E-state index in [1.165, 1.54) is 0 Å². The van der Waals surface area contributed by atoms with Crippen LogP contribution in [0.15, 0.2) is 36.8 Å². The van der Waals surface area contributed by atoms with E-state index in [4.69, 9.17) is 15.5 Å². The van der Waals surface area contributed by atoms with Gasteiger partial charge in [0.1, 0.15) is 5.52 Å². The van der Waals surface area contributed by atoms with Gasteiger partial charge >= 0.3 is 0 Å². The van der Waals surface area contributed by atoms with Crippen LogP contribution in [0, 0.1) is 13.8 Å². The number of nitrogens with zero attached hydrogens (tertiary/aromatic N) is 3. The third kappa shape index (κ3) is 3.21. The van der Waals surface area contributed by atoms with Crippen molar-refractivity contribution in [3.63, 3.8) is 0 Å². The van der Waals surface area contributed by atoms with Crippen molar-refractivity contribution in [2.24, 2.45) is 0 Å². The molecule has 5 nitrogen and oxygen atoms in total. The highest BCUT2D eigenvalue weighted by Gasteiger charge is 2.12. The Kier molecular flexibility index (Phi) is 4.71. The van der Waals surface area contributed by atoms with E-state index in [0.29, 0.717) is 17.8 Å². The third-order valence-corrected chi connectivity index (χ3v) is 4.15. The fraction of sp³-hybridized carbons (Fsp3) is 0.263. The molecule has 5 heteroatoms. The molecule has 3 aromatic heterocycles. The van der Waals surface area contributed by atoms with E-state index in [-0.39, 0.29) is 5.92 Å². The lowest BCUT2D eigenvalue weighted by molar-refractivity contribution is 0.191. The van der Waals surface area contributed by atoms with Crippen LogP contribution < -0.4 is 5.73 Å². The van der Waals surface area contributed by atoms with E-state index in [2.05, 4.69) is 16.9 Å². The van der Waals surface area contributed by atoms with E-state index in [9.17, 15) is 0 Å². The molecule has 0 saturated carbocycles. The van der Waals surface area contributed by atoms with Crippen molar-refractivity contribution in [1.82, 2.24) is 15.0 Å². The predicted molar refractivity (Wildman–Crippen MR) is 96.5 cm³/mol. The van der Waals surface area contributed by atoms with Crippen LogP contribution in [0.2, 0.25) is 0 Å². The summed E-state index contributed by atoms with van der Waals surface area (Å²) in [6.45, 7) is 6.88. The van der Waals surface area contributed by atoms with Crippen molar-refractivity contribution in [2.45, 2.75) is 19.3 Å². The summed E-state index contributed by atoms with van der Waals surface area (Å²) in [6.07, 6.45) is 6.23. The SMILES string of the molecule is [CH2]C(CCOC)c1cnc2c(N)cc(-c3cnccc3C)nc2c1. The van der Waals surface area contributed by atoms with Crippen LogP contribution in [0.4, 0.5) is 5.69 Å². The molecule has 123 valence electrons. The quantitative estimate of drug-likeness (QED) is 0.778. The number of anilines is 1. The highest BCUT2D eigenvalue weighted by atomic mass is 16.5. The summed E-state index contributed by atoms with van der Waals surface area (Å²) >= 11 is 0. The van der Waals surface area contributed by atoms with Gasteiger partial charge in [-0.15, -0.1) is 0 Å². The van der Waals surface area contributed by atoms with Crippen LogP contribution in [0.3, 0.4) is 0 Å². The summed E-state index contributed by atoms with van der Waals surface area (Å²) in [5.41, 5.74) is 12.2. The van der Waals surface area contributed by atoms with Crippen molar-refractivity contribution in [1.29, 1.82) is 0 Å². The normalized spacial score (nSPS) is 12.5. The zero-order valence-corrected chi connectivity index (χ0v) is 14.0. The number of aryl methyl sites for hydroxylation is 1. The van der Waals surface area contributed by atoms with E-state index in [1.807, 2.05) is 37.5 Å². The number of pyridine rings is 3. The Labute approximate surface area is 141 Å². The standard InChI is InChI=1S/C19H21N4O/c1-12(5-7-24-3)14-8-18-19(22-10-14)16(20)9-17(23-18)15-11-21-6-4-13(15)2/h4,6,8-12H,1,5,7H2,2-3H3,(H2,20,23). The minimum Gasteiger partial charge on any atom is -0.397 e. The minimum atomic E-state index is 0.105. The van der Waals surface area contributed by atoms with Crippen molar-refractivity contribution in [2.75, 3.05) is 19.5 Å². The molecule has 3 heterocycles. The molecule has 0 aliphatic heterocycles. The predicted octanol–water partition coefficient (Wildman–Crippen LogP) is 3.54. The fourth-order valence-electron chi connectivity index (χ4n) is 2.67. The molecule has 3 aromatic rings. The van der Waals surface area contributed by atoms with Crippen molar-refractivity contribution in [3.05, 3.63) is 54.8 Å². The molecule has 0 saturated heterocycles. The maximum Gasteiger partial charge on any atom is 0.112 e. The minimum absolute atomic E-state index is 0.105. The zero-order chi connectivity index (χ0) is 17.1. The highest BCUT2D eigenvalue weighted by Crippen LogP contribution is 2.28. The zero-order valence-electron chi connectivity index (χ0n) is 14.0. The van der Waals surface area contributed by atoms with Crippen LogP contribution in [0.25, 0.3) is 22.3 Å². The Bertz CT molecular complexity index is 863. The van der Waals surface area contributed by atoms with Crippen LogP contribution in [-0.2, 0) is 4.74 Å². The molecule has 0 bridgehead atoms. The monoisotopic (exact) mass is 321 g/mol. The molecule has 0 amide bonds. The van der Waals surface area contributed by atoms with Crippen LogP contribution in [0.5, 0.6) is 0 Å². The summed E-state index contributed by atoms with van der Waals surface area (Å²) in [5, 5.41) is 0. The maximum atomic E-state index is 6.19. The molecule has 0 aromatic carbocycles. The van der Waals surface area contributed by atoms with Gasteiger partial charge in [-0.1, -0.05) is 0 Å². The van der Waals surface area contributed by atoms with Crippen molar-refractivity contribution >= 4 is 16.7 Å². The van der Waals surface area contributed by atoms with Crippen LogP contribution >= 0.6 is 0 Å². The number of hydrogen-bond acceptors (Lipinski definition) is 5. The first kappa shape index (κ1) is 16.3. The number of methoxy groups -OCH3 is 1. The molecule has 0 aliphatic rings. The third-order valence-electron chi connectivity index (χ3n) is 4.15. The topological polar surface area (TPSA) is 73.9 Å². The van der Waals surface area contributed by atoms with E-state index in [1.54, 1.807) is 13.3 Å². The number of rotatable bonds is 5. The first-order valence-electron chi connectivity index (χ1n) is 7.89. The molecule has 3 rings (SSSR count). The van der Waals surface area contributed by atoms with Gasteiger partial charge in [-0.3, -0.25) is 9.97 Å². The largest absolute Gasteiger partial charge is 0.397 e. The maximum absolute atomic E-state index is 6.19. The van der Waals surface area contributed by atoms with E-state index in [0.717, 1.165) is 34.3 Å². The second-order valence-corrected chi connectivity index (χ2v) is 5.90. The molecular formula is C19H21N4O. The lowest BCUT2D eigenvalue weighted by atomic mass is 9.99. The lowest BCUT2D eigenvalue weighted by Crippen LogP contribution is -2.02. The summed E-state index contributed by atoms with van der Waals surface area (Å²) in [5.74, 6) is 0.105. The van der Waals surface area contributed by atoms with Gasteiger partial charge in [0.2, 0.25) is 0 Å². The Balaban J connectivity index is 2.07. The summed E-state index contributed by atoms with van der Waals surface area (Å²) in [6, 6.07) is 5.83. The van der Waals surface area contributed by atoms with Gasteiger partial charge < -0.3 is 10.5 Å². The second-order valence-electron chi connectivity index (χ2n) is 5.90. The van der Waals surface area contributed by atoms with Gasteiger partial charge in [0, 0.05) is 37.9 Å². The van der Waals surface area contributed by atoms with Crippen LogP contribution in [-0.4, -0.2) is 28.7 Å². The van der Waals surface area contributed by atoms with E-state index < -0.39 is 0 Å². The van der Waals surface area contributed by atoms with Crippen molar-refractivity contribution < 1.29 is 4.74 Å². The number of nitrogen functional groups attached to an aromatic ring is 1. The van der Waals surface area contributed by atoms with Crippen molar-refractivity contribution in [3.8, 4) is 11.3 Å². The van der Waals surface area contributed by atoms with Crippen LogP contribution in [0.1, 0.15) is 23.5 Å². The Morgan fingerprint density at radius 2 is 2.12 bits per heavy atom. The molecule has 0 fully saturated rings. The molecule has 24 heavy (non-hydrogen) atoms. The number of aromatic nitrogens is 3. The van der Waals surface area contributed by atoms with Gasteiger partial charge in [-0.05, 0) is 55.5 Å². The Morgan fingerprint density at radius 1 is 1.29 bits per heavy atom. The molecule has 1 radical (unpaired) electrons. The first-order valence-corrected chi connectivity index (χ1v) is 7.89. The number of nitrogens with two attached hydrogens (primary N) is 1. The average Bonchev–Trinajstić information content (AvgIpc) is 2.59. The summed E-state index contributed by atoms with van der Waals surface area (Å²) in [7, 11) is 1.69. The number of hydrogen-bond donors (Lipinski definition) is 1. The number of fused-ring (bicyclic) bond motifs is 1. The molecule has 1 unspecified atom stereocenters. The van der Waals surface area contributed by atoms with Gasteiger partial charge in [-0.2, -0.15) is 0 Å². The smallest absolute Gasteiger partial charge is 0.112 e. The molecule has 0 aliphatic carbocycles. The van der Waals surface area contributed by atoms with Gasteiger partial charge in [0.05, 0.1) is 16.9 Å². The molecule has 1 atom stereocenters. The molecule has 0 spiro atoms. The Hall–Kier alpha value is -2.53. The first-order chi connectivity index (χ1) is 11.6. The summed E-state index contributed by atoms with van der Waals surface area (Å²) < 4.78 is 5.13. The van der Waals surface area contributed by atoms with Gasteiger partial charge in [0.25, 0.3) is 0 Å². The van der Waals surface area contributed by atoms with Gasteiger partial charge in [0.15, 0.2) is 0 Å². The van der Waals surface area contributed by atoms with Gasteiger partial charge in [-0.25, -0.2) is 4.98 Å². The number of ether oxygens (including phenoxy) is 1. The highest BCUT2D eigenvalue weighted by molar-refractivity contribution is 5.89. The fourth-order valence-corrected chi connectivity index (χ4v) is 2.67.